The van der Waals surface area contributed by atoms with Crippen LogP contribution in [0.4, 0.5) is 0 Å². The van der Waals surface area contributed by atoms with Gasteiger partial charge in [0.25, 0.3) is 0 Å². The fraction of sp³-hybridized carbons (Fsp3) is 0.591. The molecule has 4 heteroatoms. The zero-order chi connectivity index (χ0) is 35.3. The highest BCUT2D eigenvalue weighted by atomic mass is 14.9. The monoisotopic (exact) mass is 649 g/mol. The number of H-pyrrole nitrogens is 2. The molecule has 2 N–H and O–H groups in total. The van der Waals surface area contributed by atoms with E-state index < -0.39 is 0 Å². The lowest BCUT2D eigenvalue weighted by Gasteiger charge is -2.33. The van der Waals surface area contributed by atoms with Crippen molar-refractivity contribution in [2.24, 2.45) is 26.7 Å². The minimum atomic E-state index is -0.0560. The van der Waals surface area contributed by atoms with Gasteiger partial charge in [0.1, 0.15) is 0 Å². The van der Waals surface area contributed by atoms with Gasteiger partial charge in [0.05, 0.1) is 22.8 Å². The number of aromatic amines is 2. The average molecular weight is 649 g/mol. The van der Waals surface area contributed by atoms with Crippen LogP contribution in [-0.4, -0.2) is 21.4 Å². The molecule has 5 rings (SSSR count). The van der Waals surface area contributed by atoms with Gasteiger partial charge in [-0.1, -0.05) is 96.9 Å². The van der Waals surface area contributed by atoms with E-state index >= 15 is 0 Å². The van der Waals surface area contributed by atoms with E-state index in [1.165, 1.54) is 78.7 Å². The maximum absolute atomic E-state index is 5.66. The van der Waals surface area contributed by atoms with Crippen LogP contribution in [0.3, 0.4) is 0 Å². The molecule has 2 aromatic rings. The number of nitrogens with zero attached hydrogens (tertiary/aromatic N) is 2. The van der Waals surface area contributed by atoms with Gasteiger partial charge in [0, 0.05) is 34.6 Å². The lowest BCUT2D eigenvalue weighted by molar-refractivity contribution is 0.346. The van der Waals surface area contributed by atoms with Crippen LogP contribution in [0.1, 0.15) is 174 Å². The molecule has 0 radical (unpaired) electrons. The normalized spacial score (nSPS) is 21.1. The molecule has 0 aromatic carbocycles. The third-order valence-electron chi connectivity index (χ3n) is 11.3. The second-order valence-electron chi connectivity index (χ2n) is 16.2. The van der Waals surface area contributed by atoms with E-state index in [9.17, 15) is 0 Å². The predicted molar refractivity (Wildman–Crippen MR) is 209 cm³/mol. The Morgan fingerprint density at radius 2 is 0.792 bits per heavy atom. The molecule has 48 heavy (non-hydrogen) atoms. The zero-order valence-corrected chi connectivity index (χ0v) is 32.9. The highest BCUT2D eigenvalue weighted by Crippen LogP contribution is 2.48. The summed E-state index contributed by atoms with van der Waals surface area (Å²) < 4.78 is 0. The van der Waals surface area contributed by atoms with E-state index in [2.05, 4.69) is 119 Å². The molecular weight excluding hydrogens is 585 g/mol. The Bertz CT molecular complexity index is 1640. The van der Waals surface area contributed by atoms with Gasteiger partial charge in [-0.2, -0.15) is 0 Å². The number of hydrogen-bond donors (Lipinski definition) is 2. The SMILES string of the molecule is CCC1=C(CC)C2=NC1=Cc1[nH]c(c(CC)c1CC)C(C(C)(C)C)c1[nH]c(c(CC)c1CC)/C=C1\N=C(C(CC)=C1CC)C2C(C)(C)C. The first-order valence-corrected chi connectivity index (χ1v) is 19.3. The number of hydrogen-bond acceptors (Lipinski definition) is 2. The highest BCUT2D eigenvalue weighted by Gasteiger charge is 2.42. The van der Waals surface area contributed by atoms with Crippen LogP contribution in [-0.2, 0) is 25.7 Å². The van der Waals surface area contributed by atoms with Crippen LogP contribution in [0.5, 0.6) is 0 Å². The van der Waals surface area contributed by atoms with Gasteiger partial charge in [-0.25, -0.2) is 0 Å². The van der Waals surface area contributed by atoms with Crippen molar-refractivity contribution in [3.8, 4) is 0 Å². The summed E-state index contributed by atoms with van der Waals surface area (Å²) in [6.07, 6.45) is 12.7. The number of allylic oxidation sites excluding steroid dienone is 4. The van der Waals surface area contributed by atoms with Gasteiger partial charge < -0.3 is 9.97 Å². The van der Waals surface area contributed by atoms with E-state index in [0.29, 0.717) is 0 Å². The summed E-state index contributed by atoms with van der Waals surface area (Å²) in [5.41, 5.74) is 21.4. The first-order chi connectivity index (χ1) is 22.7. The molecule has 8 bridgehead atoms. The summed E-state index contributed by atoms with van der Waals surface area (Å²) in [5.74, 6) is 0.299. The predicted octanol–water partition coefficient (Wildman–Crippen LogP) is 12.3. The Morgan fingerprint density at radius 1 is 0.458 bits per heavy atom. The van der Waals surface area contributed by atoms with E-state index in [4.69, 9.17) is 9.98 Å². The average Bonchev–Trinajstić information content (AvgIpc) is 3.75. The molecule has 0 spiro atoms. The number of fused-ring (bicyclic) bond motifs is 6. The minimum absolute atomic E-state index is 0.00908. The molecule has 2 unspecified atom stereocenters. The number of aromatic nitrogens is 2. The Morgan fingerprint density at radius 3 is 1.06 bits per heavy atom. The summed E-state index contributed by atoms with van der Waals surface area (Å²) >= 11 is 0. The third kappa shape index (κ3) is 5.90. The third-order valence-corrected chi connectivity index (χ3v) is 11.3. The molecule has 5 heterocycles. The van der Waals surface area contributed by atoms with Gasteiger partial charge in [-0.3, -0.25) is 9.98 Å². The van der Waals surface area contributed by atoms with Gasteiger partial charge in [-0.05, 0) is 119 Å². The molecule has 0 fully saturated rings. The molecule has 3 aliphatic rings. The largest absolute Gasteiger partial charge is 0.358 e. The first kappa shape index (κ1) is 36.1. The Labute approximate surface area is 292 Å². The van der Waals surface area contributed by atoms with Crippen molar-refractivity contribution in [2.45, 2.75) is 154 Å². The van der Waals surface area contributed by atoms with Crippen molar-refractivity contribution >= 4 is 23.6 Å². The Kier molecular flexibility index (Phi) is 10.3. The van der Waals surface area contributed by atoms with E-state index in [0.717, 1.165) is 62.8 Å². The molecule has 0 saturated carbocycles. The van der Waals surface area contributed by atoms with Crippen LogP contribution in [0.2, 0.25) is 0 Å². The molecule has 0 aliphatic carbocycles. The lowest BCUT2D eigenvalue weighted by atomic mass is 9.70. The van der Waals surface area contributed by atoms with E-state index in [-0.39, 0.29) is 22.7 Å². The maximum atomic E-state index is 5.66. The van der Waals surface area contributed by atoms with E-state index in [1.807, 2.05) is 0 Å². The molecule has 0 saturated heterocycles. The standard InChI is InChI=1S/C44H64N4/c1-15-25-29(19-5)39-37(43(9,10)11)40-31(21-7)27(17-3)35(47-40)24-36-28(18-4)32(22-8)42(48-36)38(44(12,13)14)41-30(20-6)26(16-2)34(46-41)23-33(25)45-39/h23-24,37-38,45,47H,15-22H2,1-14H3/b34-23-,36-24?. The van der Waals surface area contributed by atoms with Crippen LogP contribution in [0.25, 0.3) is 12.2 Å². The summed E-state index contributed by atoms with van der Waals surface area (Å²) in [6, 6.07) is 0. The molecule has 3 aliphatic heterocycles. The molecule has 2 atom stereocenters. The minimum Gasteiger partial charge on any atom is -0.358 e. The zero-order valence-electron chi connectivity index (χ0n) is 32.9. The lowest BCUT2D eigenvalue weighted by Crippen LogP contribution is -2.36. The number of nitrogens with one attached hydrogen (secondary N) is 2. The summed E-state index contributed by atoms with van der Waals surface area (Å²) in [4.78, 5) is 19.5. The second kappa shape index (κ2) is 13.6. The fourth-order valence-corrected chi connectivity index (χ4v) is 9.27. The summed E-state index contributed by atoms with van der Waals surface area (Å²) in [7, 11) is 0. The van der Waals surface area contributed by atoms with Gasteiger partial charge in [-0.15, -0.1) is 0 Å². The molecule has 2 aromatic heterocycles. The van der Waals surface area contributed by atoms with Crippen molar-refractivity contribution in [1.82, 2.24) is 9.97 Å². The molecular formula is C44H64N4. The number of rotatable bonds is 8. The van der Waals surface area contributed by atoms with Crippen molar-refractivity contribution in [1.29, 1.82) is 0 Å². The Balaban J connectivity index is 2.00. The topological polar surface area (TPSA) is 56.3 Å². The van der Waals surface area contributed by atoms with Crippen molar-refractivity contribution in [3.63, 3.8) is 0 Å². The molecule has 0 amide bonds. The summed E-state index contributed by atoms with van der Waals surface area (Å²) in [6.45, 7) is 32.9. The van der Waals surface area contributed by atoms with Crippen LogP contribution < -0.4 is 0 Å². The maximum Gasteiger partial charge on any atom is 0.0689 e. The van der Waals surface area contributed by atoms with Gasteiger partial charge in [0.15, 0.2) is 0 Å². The highest BCUT2D eigenvalue weighted by molar-refractivity contribution is 6.24. The van der Waals surface area contributed by atoms with Crippen molar-refractivity contribution in [2.75, 3.05) is 0 Å². The first-order valence-electron chi connectivity index (χ1n) is 19.3. The second-order valence-corrected chi connectivity index (χ2v) is 16.2. The van der Waals surface area contributed by atoms with Crippen molar-refractivity contribution < 1.29 is 0 Å². The quantitative estimate of drug-likeness (QED) is 0.286. The fourth-order valence-electron chi connectivity index (χ4n) is 9.27. The van der Waals surface area contributed by atoms with Crippen LogP contribution >= 0.6 is 0 Å². The van der Waals surface area contributed by atoms with Crippen LogP contribution in [0, 0.1) is 16.7 Å². The smallest absolute Gasteiger partial charge is 0.0689 e. The summed E-state index contributed by atoms with van der Waals surface area (Å²) in [5, 5.41) is 0. The molecule has 4 nitrogen and oxygen atoms in total. The van der Waals surface area contributed by atoms with Gasteiger partial charge in [0.2, 0.25) is 0 Å². The van der Waals surface area contributed by atoms with Crippen molar-refractivity contribution in [3.05, 3.63) is 78.7 Å². The van der Waals surface area contributed by atoms with Gasteiger partial charge >= 0.3 is 0 Å². The van der Waals surface area contributed by atoms with E-state index in [1.54, 1.807) is 0 Å². The van der Waals surface area contributed by atoms with Crippen LogP contribution in [0.15, 0.2) is 43.7 Å². The number of aliphatic imine (C=N–C) groups is 2. The molecule has 260 valence electrons. The Hall–Kier alpha value is -3.14.